The van der Waals surface area contributed by atoms with Gasteiger partial charge >= 0.3 is 39.5 Å². The summed E-state index contributed by atoms with van der Waals surface area (Å²) in [6, 6.07) is 0. The van der Waals surface area contributed by atoms with Crippen molar-refractivity contribution in [2.24, 2.45) is 5.92 Å². The number of aliphatic hydroxyl groups is 1. The molecule has 0 aromatic rings. The first-order valence-corrected chi connectivity index (χ1v) is 44.7. The molecule has 19 heteroatoms. The average Bonchev–Trinajstić information content (AvgIpc) is 0.983. The number of aliphatic hydroxyl groups excluding tert-OH is 1. The molecule has 0 aliphatic rings. The molecule has 0 saturated heterocycles. The Morgan fingerprint density at radius 2 is 0.485 bits per heavy atom. The zero-order chi connectivity index (χ0) is 72.7. The quantitative estimate of drug-likeness (QED) is 0.0222. The van der Waals surface area contributed by atoms with Gasteiger partial charge in [-0.25, -0.2) is 9.13 Å². The fourth-order valence-corrected chi connectivity index (χ4v) is 14.0. The molecule has 0 heterocycles. The van der Waals surface area contributed by atoms with E-state index in [0.29, 0.717) is 25.7 Å². The van der Waals surface area contributed by atoms with Gasteiger partial charge in [0.05, 0.1) is 26.4 Å². The van der Waals surface area contributed by atoms with Crippen LogP contribution in [0.1, 0.15) is 426 Å². The van der Waals surface area contributed by atoms with Crippen LogP contribution in [0.15, 0.2) is 0 Å². The number of unbranched alkanes of at least 4 members (excludes halogenated alkanes) is 51. The number of rotatable bonds is 80. The van der Waals surface area contributed by atoms with E-state index in [1.165, 1.54) is 244 Å². The molecule has 0 saturated carbocycles. The van der Waals surface area contributed by atoms with E-state index in [4.69, 9.17) is 37.0 Å². The van der Waals surface area contributed by atoms with E-state index >= 15 is 0 Å². The number of phosphoric ester groups is 2. The minimum atomic E-state index is -4.96. The van der Waals surface area contributed by atoms with Crippen molar-refractivity contribution in [1.82, 2.24) is 0 Å². The first-order chi connectivity index (χ1) is 48.1. The van der Waals surface area contributed by atoms with E-state index in [0.717, 1.165) is 102 Å². The van der Waals surface area contributed by atoms with E-state index in [2.05, 4.69) is 34.6 Å². The number of ether oxygens (including phenoxy) is 4. The largest absolute Gasteiger partial charge is 0.472 e. The third-order valence-electron chi connectivity index (χ3n) is 19.1. The molecule has 0 aliphatic heterocycles. The van der Waals surface area contributed by atoms with Crippen LogP contribution in [-0.4, -0.2) is 96.7 Å². The molecule has 0 fully saturated rings. The number of hydrogen-bond donors (Lipinski definition) is 3. The summed E-state index contributed by atoms with van der Waals surface area (Å²) in [6.45, 7) is 7.27. The Hall–Kier alpha value is -1.94. The number of carbonyl (C=O) groups excluding carboxylic acids is 4. The molecule has 0 aromatic heterocycles. The molecule has 0 aliphatic carbocycles. The molecule has 6 atom stereocenters. The van der Waals surface area contributed by atoms with E-state index in [1.807, 2.05) is 0 Å². The summed E-state index contributed by atoms with van der Waals surface area (Å²) in [5.74, 6) is -1.38. The normalized spacial score (nSPS) is 14.1. The summed E-state index contributed by atoms with van der Waals surface area (Å²) < 4.78 is 68.6. The second-order valence-electron chi connectivity index (χ2n) is 29.1. The van der Waals surface area contributed by atoms with Crippen LogP contribution in [0.25, 0.3) is 0 Å². The van der Waals surface area contributed by atoms with Crippen molar-refractivity contribution in [2.45, 2.75) is 445 Å². The Morgan fingerprint density at radius 3 is 0.717 bits per heavy atom. The van der Waals surface area contributed by atoms with Crippen LogP contribution in [0.3, 0.4) is 0 Å². The highest BCUT2D eigenvalue weighted by Crippen LogP contribution is 2.45. The summed E-state index contributed by atoms with van der Waals surface area (Å²) in [5.41, 5.74) is 0. The van der Waals surface area contributed by atoms with E-state index < -0.39 is 97.5 Å². The van der Waals surface area contributed by atoms with Crippen LogP contribution in [-0.2, 0) is 65.4 Å². The Bertz CT molecular complexity index is 1890. The van der Waals surface area contributed by atoms with Crippen LogP contribution in [0, 0.1) is 5.92 Å². The molecule has 0 aromatic carbocycles. The maximum Gasteiger partial charge on any atom is 0.472 e. The van der Waals surface area contributed by atoms with Crippen LogP contribution < -0.4 is 0 Å². The number of phosphoric acid groups is 2. The maximum absolute atomic E-state index is 13.1. The zero-order valence-electron chi connectivity index (χ0n) is 64.6. The van der Waals surface area contributed by atoms with Crippen molar-refractivity contribution < 1.29 is 80.2 Å². The monoisotopic (exact) mass is 1450 g/mol. The molecule has 0 radical (unpaired) electrons. The highest BCUT2D eigenvalue weighted by atomic mass is 31.2. The number of esters is 4. The fraction of sp³-hybridized carbons (Fsp3) is 0.950. The SMILES string of the molecule is CCCCCCCCCCCCCCCCCCCCCCC(=O)O[C@H](COC(=O)CCCCCCCCCCCCCCCCCCCC)COP(=O)(O)OC[C@@H](O)COP(=O)(O)OC[C@@H](COC(=O)CCCCCCCCC(C)CC)OC(=O)CCCCCCCCCCCCC. The summed E-state index contributed by atoms with van der Waals surface area (Å²) in [4.78, 5) is 72.9. The van der Waals surface area contributed by atoms with Crippen molar-refractivity contribution >= 4 is 39.5 Å². The number of carbonyl (C=O) groups is 4. The summed E-state index contributed by atoms with van der Waals surface area (Å²) >= 11 is 0. The molecule has 0 rings (SSSR count). The highest BCUT2D eigenvalue weighted by Gasteiger charge is 2.30. The van der Waals surface area contributed by atoms with E-state index in [-0.39, 0.29) is 25.7 Å². The maximum atomic E-state index is 13.1. The molecule has 588 valence electrons. The first kappa shape index (κ1) is 97.1. The van der Waals surface area contributed by atoms with Crippen LogP contribution in [0.2, 0.25) is 0 Å². The Balaban J connectivity index is 5.21. The van der Waals surface area contributed by atoms with Crippen LogP contribution in [0.5, 0.6) is 0 Å². The molecule has 0 bridgehead atoms. The van der Waals surface area contributed by atoms with E-state index in [1.54, 1.807) is 0 Å². The molecule has 0 amide bonds. The minimum absolute atomic E-state index is 0.106. The van der Waals surface area contributed by atoms with Gasteiger partial charge in [0.25, 0.3) is 0 Å². The fourth-order valence-electron chi connectivity index (χ4n) is 12.4. The molecule has 3 unspecified atom stereocenters. The summed E-state index contributed by atoms with van der Waals surface area (Å²) in [5, 5.41) is 10.6. The summed E-state index contributed by atoms with van der Waals surface area (Å²) in [7, 11) is -9.91. The minimum Gasteiger partial charge on any atom is -0.462 e. The molecule has 3 N–H and O–H groups in total. The second kappa shape index (κ2) is 73.0. The van der Waals surface area contributed by atoms with Gasteiger partial charge in [0.1, 0.15) is 19.3 Å². The lowest BCUT2D eigenvalue weighted by Gasteiger charge is -2.21. The summed E-state index contributed by atoms with van der Waals surface area (Å²) in [6.07, 6.45) is 63.9. The van der Waals surface area contributed by atoms with Crippen LogP contribution in [0.4, 0.5) is 0 Å². The van der Waals surface area contributed by atoms with Gasteiger partial charge in [-0.05, 0) is 31.6 Å². The van der Waals surface area contributed by atoms with Crippen molar-refractivity contribution in [3.63, 3.8) is 0 Å². The standard InChI is InChI=1S/C80H156O17P2/c1-6-10-13-16-19-22-25-27-29-31-33-34-36-38-40-43-46-49-56-61-66-80(85)96-75(69-90-77(82)63-58-53-47-44-42-39-37-35-32-30-28-26-23-20-17-14-11-7-2)71-94-98(86,87)92-67-74(81)68-93-99(88,89)95-72-76(70-91-78(83)64-59-54-51-50-52-57-62-73(5)9-4)97-79(84)65-60-55-48-45-41-24-21-18-15-12-8-3/h73-76,81H,6-72H2,1-5H3,(H,86,87)(H,88,89)/t73?,74-,75-,76-/m1/s1. The highest BCUT2D eigenvalue weighted by molar-refractivity contribution is 7.47. The van der Waals surface area contributed by atoms with Gasteiger partial charge in [0, 0.05) is 25.7 Å². The molecular weight excluding hydrogens is 1290 g/mol. The van der Waals surface area contributed by atoms with Crippen molar-refractivity contribution in [1.29, 1.82) is 0 Å². The Kier molecular flexibility index (Phi) is 71.6. The van der Waals surface area contributed by atoms with Gasteiger partial charge in [-0.1, -0.05) is 375 Å². The lowest BCUT2D eigenvalue weighted by atomic mass is 10.00. The predicted octanol–water partition coefficient (Wildman–Crippen LogP) is 24.0. The van der Waals surface area contributed by atoms with Crippen LogP contribution >= 0.6 is 15.6 Å². The molecule has 17 nitrogen and oxygen atoms in total. The van der Waals surface area contributed by atoms with Gasteiger partial charge in [-0.2, -0.15) is 0 Å². The third kappa shape index (κ3) is 72.8. The van der Waals surface area contributed by atoms with Gasteiger partial charge < -0.3 is 33.8 Å². The Labute approximate surface area is 607 Å². The smallest absolute Gasteiger partial charge is 0.462 e. The first-order valence-electron chi connectivity index (χ1n) is 41.7. The van der Waals surface area contributed by atoms with Gasteiger partial charge in [-0.3, -0.25) is 37.3 Å². The van der Waals surface area contributed by atoms with Gasteiger partial charge in [0.2, 0.25) is 0 Å². The number of hydrogen-bond acceptors (Lipinski definition) is 15. The topological polar surface area (TPSA) is 237 Å². The van der Waals surface area contributed by atoms with E-state index in [9.17, 15) is 43.2 Å². The Morgan fingerprint density at radius 1 is 0.283 bits per heavy atom. The second-order valence-corrected chi connectivity index (χ2v) is 32.0. The van der Waals surface area contributed by atoms with Crippen molar-refractivity contribution in [3.05, 3.63) is 0 Å². The van der Waals surface area contributed by atoms with Gasteiger partial charge in [0.15, 0.2) is 12.2 Å². The van der Waals surface area contributed by atoms with Crippen molar-refractivity contribution in [2.75, 3.05) is 39.6 Å². The average molecular weight is 1450 g/mol. The predicted molar refractivity (Wildman–Crippen MR) is 405 cm³/mol. The lowest BCUT2D eigenvalue weighted by molar-refractivity contribution is -0.161. The lowest BCUT2D eigenvalue weighted by Crippen LogP contribution is -2.30. The molecular formula is C80H156O17P2. The van der Waals surface area contributed by atoms with Gasteiger partial charge in [-0.15, -0.1) is 0 Å². The van der Waals surface area contributed by atoms with Crippen molar-refractivity contribution in [3.8, 4) is 0 Å². The zero-order valence-corrected chi connectivity index (χ0v) is 66.4. The third-order valence-corrected chi connectivity index (χ3v) is 21.0. The molecule has 0 spiro atoms. The molecule has 99 heavy (non-hydrogen) atoms.